The molecule has 0 unspecified atom stereocenters. The molecule has 1 saturated carbocycles. The van der Waals surface area contributed by atoms with Crippen LogP contribution in [0, 0.1) is 0 Å². The van der Waals surface area contributed by atoms with E-state index in [2.05, 4.69) is 13.2 Å². The van der Waals surface area contributed by atoms with Gasteiger partial charge in [0.25, 0.3) is 0 Å². The second-order valence-electron chi connectivity index (χ2n) is 5.91. The third kappa shape index (κ3) is 4.31. The van der Waals surface area contributed by atoms with Crippen LogP contribution in [0.2, 0.25) is 0 Å². The molecule has 1 aromatic carbocycles. The maximum Gasteiger partial charge on any atom is 0.338 e. The van der Waals surface area contributed by atoms with Crippen LogP contribution in [0.15, 0.2) is 49.1 Å². The first-order valence-electron chi connectivity index (χ1n) is 7.80. The Hall–Kier alpha value is -2.36. The van der Waals surface area contributed by atoms with Gasteiger partial charge in [-0.05, 0) is 62.9 Å². The van der Waals surface area contributed by atoms with Gasteiger partial charge < -0.3 is 9.47 Å². The van der Waals surface area contributed by atoms with Crippen LogP contribution in [0.3, 0.4) is 0 Å². The number of esters is 2. The van der Waals surface area contributed by atoms with Crippen molar-refractivity contribution >= 4 is 11.9 Å². The summed E-state index contributed by atoms with van der Waals surface area (Å²) >= 11 is 0. The highest BCUT2D eigenvalue weighted by atomic mass is 16.6. The summed E-state index contributed by atoms with van der Waals surface area (Å²) in [5.41, 5.74) is 0.186. The van der Waals surface area contributed by atoms with Crippen LogP contribution in [0.5, 0.6) is 5.75 Å². The molecule has 0 atom stereocenters. The standard InChI is InChI=1S/C19H22O4/c1-4-19(12-6-5-7-13-19)23-18(21)15-8-10-16(11-9-15)22-17(20)14(2)3/h4,8-11H,1-2,5-7,12-13H2,3H3. The molecular weight excluding hydrogens is 292 g/mol. The smallest absolute Gasteiger partial charge is 0.338 e. The minimum atomic E-state index is -0.555. The molecule has 0 heterocycles. The topological polar surface area (TPSA) is 52.6 Å². The molecule has 0 aromatic heterocycles. The van der Waals surface area contributed by atoms with Crippen molar-refractivity contribution in [3.8, 4) is 5.75 Å². The highest BCUT2D eigenvalue weighted by Crippen LogP contribution is 2.33. The van der Waals surface area contributed by atoms with E-state index in [9.17, 15) is 9.59 Å². The Morgan fingerprint density at radius 3 is 2.26 bits per heavy atom. The molecule has 1 aromatic rings. The molecule has 0 spiro atoms. The fourth-order valence-electron chi connectivity index (χ4n) is 2.59. The third-order valence-electron chi connectivity index (χ3n) is 4.02. The van der Waals surface area contributed by atoms with Crippen molar-refractivity contribution < 1.29 is 19.1 Å². The molecule has 1 fully saturated rings. The van der Waals surface area contributed by atoms with Gasteiger partial charge in [0.15, 0.2) is 0 Å². The minimum Gasteiger partial charge on any atom is -0.451 e. The van der Waals surface area contributed by atoms with E-state index in [0.29, 0.717) is 16.9 Å². The quantitative estimate of drug-likeness (QED) is 0.353. The Balaban J connectivity index is 2.03. The number of benzene rings is 1. The van der Waals surface area contributed by atoms with E-state index in [0.717, 1.165) is 32.1 Å². The lowest BCUT2D eigenvalue weighted by Gasteiger charge is -2.33. The van der Waals surface area contributed by atoms with Gasteiger partial charge in [0.1, 0.15) is 11.4 Å². The lowest BCUT2D eigenvalue weighted by Crippen LogP contribution is -2.35. The lowest BCUT2D eigenvalue weighted by molar-refractivity contribution is -0.130. The summed E-state index contributed by atoms with van der Waals surface area (Å²) in [4.78, 5) is 23.8. The van der Waals surface area contributed by atoms with E-state index in [1.165, 1.54) is 0 Å². The fraction of sp³-hybridized carbons (Fsp3) is 0.368. The van der Waals surface area contributed by atoms with Crippen molar-refractivity contribution in [2.45, 2.75) is 44.6 Å². The molecule has 0 N–H and O–H groups in total. The van der Waals surface area contributed by atoms with Crippen molar-refractivity contribution in [1.29, 1.82) is 0 Å². The van der Waals surface area contributed by atoms with Crippen molar-refractivity contribution in [2.75, 3.05) is 0 Å². The van der Waals surface area contributed by atoms with Gasteiger partial charge in [0.05, 0.1) is 5.56 Å². The third-order valence-corrected chi connectivity index (χ3v) is 4.02. The molecule has 4 nitrogen and oxygen atoms in total. The second-order valence-corrected chi connectivity index (χ2v) is 5.91. The van der Waals surface area contributed by atoms with E-state index in [1.807, 2.05) is 0 Å². The van der Waals surface area contributed by atoms with E-state index in [1.54, 1.807) is 37.3 Å². The van der Waals surface area contributed by atoms with Crippen molar-refractivity contribution in [3.63, 3.8) is 0 Å². The summed E-state index contributed by atoms with van der Waals surface area (Å²) < 4.78 is 10.8. The van der Waals surface area contributed by atoms with Crippen LogP contribution >= 0.6 is 0 Å². The van der Waals surface area contributed by atoms with Gasteiger partial charge in [-0.25, -0.2) is 9.59 Å². The molecular formula is C19H22O4. The Labute approximate surface area is 136 Å². The van der Waals surface area contributed by atoms with Crippen LogP contribution in [-0.4, -0.2) is 17.5 Å². The molecule has 1 aliphatic carbocycles. The van der Waals surface area contributed by atoms with Gasteiger partial charge in [0.2, 0.25) is 0 Å². The Morgan fingerprint density at radius 2 is 1.74 bits per heavy atom. The molecule has 0 amide bonds. The molecule has 1 aliphatic rings. The van der Waals surface area contributed by atoms with E-state index < -0.39 is 11.6 Å². The Morgan fingerprint density at radius 1 is 1.13 bits per heavy atom. The fourth-order valence-corrected chi connectivity index (χ4v) is 2.59. The number of ether oxygens (including phenoxy) is 2. The average Bonchev–Trinajstić information content (AvgIpc) is 2.56. The molecule has 0 bridgehead atoms. The van der Waals surface area contributed by atoms with Gasteiger partial charge in [-0.15, -0.1) is 0 Å². The van der Waals surface area contributed by atoms with Gasteiger partial charge in [-0.2, -0.15) is 0 Å². The SMILES string of the molecule is C=CC1(OC(=O)c2ccc(OC(=O)C(=C)C)cc2)CCCCC1. The largest absolute Gasteiger partial charge is 0.451 e. The number of carbonyl (C=O) groups is 2. The molecule has 0 radical (unpaired) electrons. The maximum atomic E-state index is 12.3. The van der Waals surface area contributed by atoms with Crippen molar-refractivity contribution in [1.82, 2.24) is 0 Å². The second kappa shape index (κ2) is 7.27. The molecule has 4 heteroatoms. The monoisotopic (exact) mass is 314 g/mol. The highest BCUT2D eigenvalue weighted by molar-refractivity contribution is 5.91. The summed E-state index contributed by atoms with van der Waals surface area (Å²) in [5, 5.41) is 0. The number of carbonyl (C=O) groups excluding carboxylic acids is 2. The van der Waals surface area contributed by atoms with Crippen LogP contribution in [0.1, 0.15) is 49.4 Å². The number of rotatable bonds is 5. The first-order chi connectivity index (χ1) is 11.0. The number of hydrogen-bond acceptors (Lipinski definition) is 4. The minimum absolute atomic E-state index is 0.318. The van der Waals surface area contributed by atoms with Gasteiger partial charge >= 0.3 is 11.9 Å². The zero-order valence-electron chi connectivity index (χ0n) is 13.5. The van der Waals surface area contributed by atoms with E-state index >= 15 is 0 Å². The van der Waals surface area contributed by atoms with Crippen LogP contribution in [-0.2, 0) is 9.53 Å². The van der Waals surface area contributed by atoms with Crippen molar-refractivity contribution in [3.05, 3.63) is 54.6 Å². The molecule has 23 heavy (non-hydrogen) atoms. The van der Waals surface area contributed by atoms with Gasteiger partial charge in [-0.3, -0.25) is 0 Å². The summed E-state index contributed by atoms with van der Waals surface area (Å²) in [6, 6.07) is 6.31. The van der Waals surface area contributed by atoms with Crippen molar-refractivity contribution in [2.24, 2.45) is 0 Å². The van der Waals surface area contributed by atoms with Gasteiger partial charge in [-0.1, -0.05) is 19.6 Å². The summed E-state index contributed by atoms with van der Waals surface area (Å²) in [7, 11) is 0. The normalized spacial score (nSPS) is 16.2. The van der Waals surface area contributed by atoms with Crippen LogP contribution in [0.4, 0.5) is 0 Å². The Kier molecular flexibility index (Phi) is 5.37. The molecule has 0 saturated heterocycles. The van der Waals surface area contributed by atoms with E-state index in [-0.39, 0.29) is 5.97 Å². The van der Waals surface area contributed by atoms with Crippen LogP contribution in [0.25, 0.3) is 0 Å². The molecule has 2 rings (SSSR count). The lowest BCUT2D eigenvalue weighted by atomic mass is 9.84. The number of hydrogen-bond donors (Lipinski definition) is 0. The zero-order valence-corrected chi connectivity index (χ0v) is 13.5. The zero-order chi connectivity index (χ0) is 16.9. The Bertz CT molecular complexity index is 607. The maximum absolute atomic E-state index is 12.3. The van der Waals surface area contributed by atoms with E-state index in [4.69, 9.17) is 9.47 Å². The summed E-state index contributed by atoms with van der Waals surface area (Å²) in [6.45, 7) is 8.92. The first kappa shape index (κ1) is 17.0. The predicted octanol–water partition coefficient (Wildman–Crippen LogP) is 4.21. The first-order valence-corrected chi connectivity index (χ1v) is 7.80. The molecule has 122 valence electrons. The summed E-state index contributed by atoms with van der Waals surface area (Å²) in [6.07, 6.45) is 6.61. The van der Waals surface area contributed by atoms with Crippen LogP contribution < -0.4 is 4.74 Å². The predicted molar refractivity (Wildman–Crippen MR) is 88.3 cm³/mol. The molecule has 0 aliphatic heterocycles. The van der Waals surface area contributed by atoms with Gasteiger partial charge in [0, 0.05) is 5.57 Å². The summed E-state index contributed by atoms with van der Waals surface area (Å²) in [5.74, 6) is -0.511. The average molecular weight is 314 g/mol. The highest BCUT2D eigenvalue weighted by Gasteiger charge is 2.33.